The number of quaternary nitrogens is 1. The third kappa shape index (κ3) is 9.21. The summed E-state index contributed by atoms with van der Waals surface area (Å²) in [5.41, 5.74) is 3.09. The molecule has 1 atom stereocenters. The maximum absolute atomic E-state index is 2.38. The van der Waals surface area contributed by atoms with Crippen molar-refractivity contribution in [1.82, 2.24) is 4.48 Å². The van der Waals surface area contributed by atoms with Gasteiger partial charge in [-0.1, -0.05) is 103 Å². The van der Waals surface area contributed by atoms with Crippen LogP contribution in [0.15, 0.2) is 24.3 Å². The topological polar surface area (TPSA) is 0 Å². The number of para-hydroxylation sites is 1. The van der Waals surface area contributed by atoms with Crippen molar-refractivity contribution in [3.8, 4) is 0 Å². The summed E-state index contributed by atoms with van der Waals surface area (Å²) in [5, 5.41) is 0. The Morgan fingerprint density at radius 2 is 1.19 bits per heavy atom. The van der Waals surface area contributed by atoms with E-state index in [0.717, 1.165) is 10.4 Å². The molecule has 0 fully saturated rings. The van der Waals surface area contributed by atoms with Crippen LogP contribution in [0.4, 0.5) is 5.69 Å². The summed E-state index contributed by atoms with van der Waals surface area (Å²) in [6.07, 6.45) is 18.3. The second kappa shape index (κ2) is 13.4. The fourth-order valence-corrected chi connectivity index (χ4v) is 4.13. The predicted octanol–water partition coefficient (Wildman–Crippen LogP) is 8.08. The summed E-state index contributed by atoms with van der Waals surface area (Å²) < 4.78 is 0.925. The molecule has 0 spiro atoms. The van der Waals surface area contributed by atoms with Gasteiger partial charge in [-0.2, -0.15) is 0 Å². The summed E-state index contributed by atoms with van der Waals surface area (Å²) in [4.78, 5) is 0. The highest BCUT2D eigenvalue weighted by atomic mass is 15.3. The van der Waals surface area contributed by atoms with Crippen molar-refractivity contribution in [3.05, 3.63) is 29.8 Å². The fraction of sp³-hybridized carbons (Fsp3) is 0.760. The average Bonchev–Trinajstić information content (AvgIpc) is 2.61. The van der Waals surface area contributed by atoms with Crippen LogP contribution in [0.3, 0.4) is 0 Å². The van der Waals surface area contributed by atoms with E-state index in [4.69, 9.17) is 0 Å². The lowest BCUT2D eigenvalue weighted by molar-refractivity contribution is 0.462. The number of hydrogen-bond acceptors (Lipinski definition) is 0. The van der Waals surface area contributed by atoms with Crippen LogP contribution in [0.5, 0.6) is 0 Å². The van der Waals surface area contributed by atoms with Gasteiger partial charge in [0.1, 0.15) is 5.69 Å². The molecule has 0 aliphatic carbocycles. The SMILES string of the molecule is CCCCCCCCCCCCC(CCC)c1ccccc1[N+](C)(C)C. The Labute approximate surface area is 164 Å². The van der Waals surface area contributed by atoms with Crippen LogP contribution >= 0.6 is 0 Å². The third-order valence-electron chi connectivity index (χ3n) is 5.64. The predicted molar refractivity (Wildman–Crippen MR) is 120 cm³/mol. The molecule has 0 saturated heterocycles. The number of unbranched alkanes of at least 4 members (excludes halogenated alkanes) is 9. The van der Waals surface area contributed by atoms with E-state index in [2.05, 4.69) is 59.3 Å². The lowest BCUT2D eigenvalue weighted by Gasteiger charge is -2.29. The normalized spacial score (nSPS) is 13.1. The van der Waals surface area contributed by atoms with Gasteiger partial charge in [0, 0.05) is 5.56 Å². The van der Waals surface area contributed by atoms with E-state index < -0.39 is 0 Å². The first-order chi connectivity index (χ1) is 12.5. The maximum Gasteiger partial charge on any atom is 0.135 e. The Balaban J connectivity index is 2.37. The summed E-state index contributed by atoms with van der Waals surface area (Å²) >= 11 is 0. The van der Waals surface area contributed by atoms with E-state index in [1.165, 1.54) is 89.2 Å². The highest BCUT2D eigenvalue weighted by Crippen LogP contribution is 2.35. The maximum atomic E-state index is 2.38. The van der Waals surface area contributed by atoms with E-state index in [-0.39, 0.29) is 0 Å². The van der Waals surface area contributed by atoms with Gasteiger partial charge in [-0.3, -0.25) is 4.48 Å². The minimum atomic E-state index is 0.739. The standard InChI is InChI=1S/C25H46N/c1-6-8-9-10-11-12-13-14-15-16-20-23(19-7-2)24-21-17-18-22-25(24)26(3,4)5/h17-18,21-23H,6-16,19-20H2,1-5H3/q+1. The molecule has 0 amide bonds. The van der Waals surface area contributed by atoms with Crippen molar-refractivity contribution in [2.45, 2.75) is 103 Å². The van der Waals surface area contributed by atoms with Gasteiger partial charge >= 0.3 is 0 Å². The Morgan fingerprint density at radius 3 is 1.73 bits per heavy atom. The van der Waals surface area contributed by atoms with Gasteiger partial charge in [-0.05, 0) is 24.8 Å². The summed E-state index contributed by atoms with van der Waals surface area (Å²) in [7, 11) is 6.88. The first kappa shape index (κ1) is 23.2. The molecular weight excluding hydrogens is 314 g/mol. The average molecular weight is 361 g/mol. The van der Waals surface area contributed by atoms with Gasteiger partial charge < -0.3 is 0 Å². The van der Waals surface area contributed by atoms with Crippen molar-refractivity contribution in [2.24, 2.45) is 0 Å². The number of hydrogen-bond donors (Lipinski definition) is 0. The summed E-state index contributed by atoms with van der Waals surface area (Å²) in [6, 6.07) is 9.15. The van der Waals surface area contributed by atoms with Crippen LogP contribution in [0.2, 0.25) is 0 Å². The molecular formula is C25H46N+. The van der Waals surface area contributed by atoms with Crippen LogP contribution in [-0.4, -0.2) is 21.1 Å². The van der Waals surface area contributed by atoms with Gasteiger partial charge in [0.2, 0.25) is 0 Å². The van der Waals surface area contributed by atoms with Gasteiger partial charge in [0.15, 0.2) is 0 Å². The zero-order valence-corrected chi connectivity index (χ0v) is 18.5. The third-order valence-corrected chi connectivity index (χ3v) is 5.64. The molecule has 0 bridgehead atoms. The van der Waals surface area contributed by atoms with Crippen molar-refractivity contribution in [1.29, 1.82) is 0 Å². The highest BCUT2D eigenvalue weighted by Gasteiger charge is 2.22. The number of benzene rings is 1. The van der Waals surface area contributed by atoms with Crippen molar-refractivity contribution < 1.29 is 0 Å². The Kier molecular flexibility index (Phi) is 11.9. The van der Waals surface area contributed by atoms with E-state index in [9.17, 15) is 0 Å². The summed E-state index contributed by atoms with van der Waals surface area (Å²) in [5.74, 6) is 0.739. The molecule has 0 aliphatic rings. The first-order valence-corrected chi connectivity index (χ1v) is 11.4. The molecule has 1 aromatic rings. The molecule has 0 saturated carbocycles. The quantitative estimate of drug-likeness (QED) is 0.219. The van der Waals surface area contributed by atoms with Crippen LogP contribution in [-0.2, 0) is 0 Å². The Bertz CT molecular complexity index is 457. The van der Waals surface area contributed by atoms with Crippen LogP contribution in [0, 0.1) is 0 Å². The van der Waals surface area contributed by atoms with Gasteiger partial charge in [0.25, 0.3) is 0 Å². The second-order valence-electron chi connectivity index (χ2n) is 9.03. The van der Waals surface area contributed by atoms with E-state index in [1.807, 2.05) is 0 Å². The molecule has 0 aromatic heterocycles. The van der Waals surface area contributed by atoms with E-state index >= 15 is 0 Å². The van der Waals surface area contributed by atoms with Gasteiger partial charge in [0.05, 0.1) is 21.1 Å². The van der Waals surface area contributed by atoms with Crippen LogP contribution < -0.4 is 4.48 Å². The molecule has 0 heterocycles. The van der Waals surface area contributed by atoms with Gasteiger partial charge in [-0.25, -0.2) is 0 Å². The Hall–Kier alpha value is -0.820. The zero-order valence-electron chi connectivity index (χ0n) is 18.5. The summed E-state index contributed by atoms with van der Waals surface area (Å²) in [6.45, 7) is 4.63. The number of nitrogens with zero attached hydrogens (tertiary/aromatic N) is 1. The lowest BCUT2D eigenvalue weighted by atomic mass is 9.87. The molecule has 1 aromatic carbocycles. The van der Waals surface area contributed by atoms with Gasteiger partial charge in [-0.15, -0.1) is 0 Å². The molecule has 0 N–H and O–H groups in total. The minimum absolute atomic E-state index is 0.739. The smallest absolute Gasteiger partial charge is 0.135 e. The molecule has 0 radical (unpaired) electrons. The highest BCUT2D eigenvalue weighted by molar-refractivity contribution is 5.51. The molecule has 1 heteroatoms. The zero-order chi connectivity index (χ0) is 19.3. The van der Waals surface area contributed by atoms with Crippen molar-refractivity contribution in [2.75, 3.05) is 21.1 Å². The monoisotopic (exact) mass is 360 g/mol. The second-order valence-corrected chi connectivity index (χ2v) is 9.03. The first-order valence-electron chi connectivity index (χ1n) is 11.4. The lowest BCUT2D eigenvalue weighted by Crippen LogP contribution is -2.36. The molecule has 1 unspecified atom stereocenters. The largest absolute Gasteiger partial charge is 0.298 e. The van der Waals surface area contributed by atoms with Crippen molar-refractivity contribution in [3.63, 3.8) is 0 Å². The van der Waals surface area contributed by atoms with Crippen molar-refractivity contribution >= 4 is 5.69 Å². The molecule has 150 valence electrons. The van der Waals surface area contributed by atoms with Crippen LogP contribution in [0.1, 0.15) is 109 Å². The van der Waals surface area contributed by atoms with E-state index in [1.54, 1.807) is 5.56 Å². The molecule has 0 aliphatic heterocycles. The van der Waals surface area contributed by atoms with Crippen LogP contribution in [0.25, 0.3) is 0 Å². The molecule has 26 heavy (non-hydrogen) atoms. The Morgan fingerprint density at radius 1 is 0.654 bits per heavy atom. The molecule has 1 rings (SSSR count). The van der Waals surface area contributed by atoms with E-state index in [0.29, 0.717) is 0 Å². The molecule has 1 nitrogen and oxygen atoms in total. The minimum Gasteiger partial charge on any atom is -0.298 e. The fourth-order valence-electron chi connectivity index (χ4n) is 4.13. The number of rotatable bonds is 15.